The quantitative estimate of drug-likeness (QED) is 0.552. The van der Waals surface area contributed by atoms with Gasteiger partial charge in [0.25, 0.3) is 5.91 Å². The van der Waals surface area contributed by atoms with Crippen LogP contribution in [0.3, 0.4) is 0 Å². The number of nitriles is 1. The van der Waals surface area contributed by atoms with E-state index in [0.717, 1.165) is 24.3 Å². The minimum absolute atomic E-state index is 0.0189. The molecule has 1 N–H and O–H groups in total. The lowest BCUT2D eigenvalue weighted by atomic mass is 10.1. The molecule has 2 rings (SSSR count). The summed E-state index contributed by atoms with van der Waals surface area (Å²) >= 11 is 0. The average molecular weight is 379 g/mol. The number of carbonyl (C=O) groups excluding carboxylic acids is 1. The number of carbonyl (C=O) groups is 1. The van der Waals surface area contributed by atoms with Gasteiger partial charge in [-0.1, -0.05) is 12.1 Å². The topological polar surface area (TPSA) is 74.6 Å². The first-order valence-corrected chi connectivity index (χ1v) is 9.06. The first kappa shape index (κ1) is 20.8. The third-order valence-electron chi connectivity index (χ3n) is 4.34. The molecule has 6 heteroatoms. The van der Waals surface area contributed by atoms with Gasteiger partial charge in [-0.25, -0.2) is 0 Å². The third-order valence-corrected chi connectivity index (χ3v) is 4.34. The van der Waals surface area contributed by atoms with Crippen LogP contribution in [0.1, 0.15) is 19.4 Å². The van der Waals surface area contributed by atoms with E-state index in [4.69, 9.17) is 9.47 Å². The molecule has 6 nitrogen and oxygen atoms in total. The van der Waals surface area contributed by atoms with E-state index < -0.39 is 5.91 Å². The lowest BCUT2D eigenvalue weighted by Crippen LogP contribution is -2.21. The molecular weight excluding hydrogens is 354 g/mol. The molecule has 146 valence electrons. The van der Waals surface area contributed by atoms with Gasteiger partial charge in [0.05, 0.1) is 14.2 Å². The van der Waals surface area contributed by atoms with Crippen molar-refractivity contribution in [2.24, 2.45) is 0 Å². The lowest BCUT2D eigenvalue weighted by molar-refractivity contribution is -0.112. The Labute approximate surface area is 166 Å². The number of hydrogen-bond acceptors (Lipinski definition) is 5. The Morgan fingerprint density at radius 3 is 2.25 bits per heavy atom. The molecule has 0 heterocycles. The molecule has 0 aliphatic heterocycles. The number of benzene rings is 2. The summed E-state index contributed by atoms with van der Waals surface area (Å²) in [6.45, 7) is 6.04. The molecule has 28 heavy (non-hydrogen) atoms. The number of ether oxygens (including phenoxy) is 2. The van der Waals surface area contributed by atoms with Crippen LogP contribution in [-0.2, 0) is 4.79 Å². The maximum Gasteiger partial charge on any atom is 0.266 e. The van der Waals surface area contributed by atoms with Gasteiger partial charge in [-0.2, -0.15) is 5.26 Å². The number of amides is 1. The Morgan fingerprint density at radius 2 is 1.71 bits per heavy atom. The van der Waals surface area contributed by atoms with Gasteiger partial charge in [-0.05, 0) is 49.8 Å². The average Bonchev–Trinajstić information content (AvgIpc) is 2.73. The van der Waals surface area contributed by atoms with Crippen LogP contribution in [0.2, 0.25) is 0 Å². The van der Waals surface area contributed by atoms with Crippen molar-refractivity contribution in [3.05, 3.63) is 53.6 Å². The number of anilines is 2. The summed E-state index contributed by atoms with van der Waals surface area (Å²) in [6, 6.07) is 14.8. The van der Waals surface area contributed by atoms with Crippen LogP contribution in [0.4, 0.5) is 11.4 Å². The van der Waals surface area contributed by atoms with Crippen LogP contribution in [0, 0.1) is 11.3 Å². The molecule has 0 saturated heterocycles. The van der Waals surface area contributed by atoms with Crippen molar-refractivity contribution in [1.82, 2.24) is 0 Å². The molecule has 0 bridgehead atoms. The van der Waals surface area contributed by atoms with Crippen molar-refractivity contribution in [2.45, 2.75) is 13.8 Å². The van der Waals surface area contributed by atoms with Crippen molar-refractivity contribution in [3.63, 3.8) is 0 Å². The fourth-order valence-electron chi connectivity index (χ4n) is 2.80. The Kier molecular flexibility index (Phi) is 7.46. The maximum absolute atomic E-state index is 12.5. The predicted octanol–water partition coefficient (Wildman–Crippen LogP) is 4.10. The molecule has 0 aromatic heterocycles. The van der Waals surface area contributed by atoms with E-state index in [0.29, 0.717) is 17.2 Å². The van der Waals surface area contributed by atoms with Gasteiger partial charge in [-0.15, -0.1) is 0 Å². The highest BCUT2D eigenvalue weighted by Gasteiger charge is 2.12. The summed E-state index contributed by atoms with van der Waals surface area (Å²) in [7, 11) is 3.06. The van der Waals surface area contributed by atoms with E-state index in [-0.39, 0.29) is 5.57 Å². The molecule has 0 radical (unpaired) electrons. The highest BCUT2D eigenvalue weighted by atomic mass is 16.5. The fourth-order valence-corrected chi connectivity index (χ4v) is 2.80. The second kappa shape index (κ2) is 10.0. The summed E-state index contributed by atoms with van der Waals surface area (Å²) in [4.78, 5) is 14.7. The van der Waals surface area contributed by atoms with E-state index in [2.05, 4.69) is 24.1 Å². The number of nitrogens with one attached hydrogen (secondary N) is 1. The second-order valence-electron chi connectivity index (χ2n) is 5.96. The van der Waals surface area contributed by atoms with Crippen molar-refractivity contribution in [1.29, 1.82) is 5.26 Å². The molecule has 1 amide bonds. The van der Waals surface area contributed by atoms with Gasteiger partial charge in [0, 0.05) is 30.5 Å². The highest BCUT2D eigenvalue weighted by molar-refractivity contribution is 6.09. The molecule has 0 aliphatic rings. The predicted molar refractivity (Wildman–Crippen MR) is 112 cm³/mol. The summed E-state index contributed by atoms with van der Waals surface area (Å²) in [5.41, 5.74) is 2.43. The van der Waals surface area contributed by atoms with Crippen LogP contribution >= 0.6 is 0 Å². The van der Waals surface area contributed by atoms with Crippen LogP contribution < -0.4 is 19.7 Å². The molecule has 0 atom stereocenters. The van der Waals surface area contributed by atoms with Gasteiger partial charge in [0.2, 0.25) is 0 Å². The Balaban J connectivity index is 2.18. The van der Waals surface area contributed by atoms with Crippen LogP contribution in [0.5, 0.6) is 11.5 Å². The summed E-state index contributed by atoms with van der Waals surface area (Å²) in [6.07, 6.45) is 1.57. The highest BCUT2D eigenvalue weighted by Crippen LogP contribution is 2.30. The van der Waals surface area contributed by atoms with Gasteiger partial charge < -0.3 is 19.7 Å². The standard InChI is InChI=1S/C22H25N3O3/c1-5-25(6-2)19-10-7-16(8-11-19)13-17(15-23)22(26)24-18-9-12-20(27-3)21(14-18)28-4/h7-14H,5-6H2,1-4H3,(H,24,26)/b17-13+. The third kappa shape index (κ3) is 5.04. The van der Waals surface area contributed by atoms with Crippen molar-refractivity contribution in [3.8, 4) is 17.6 Å². The number of hydrogen-bond donors (Lipinski definition) is 1. The Hall–Kier alpha value is -3.46. The number of nitrogens with zero attached hydrogens (tertiary/aromatic N) is 2. The van der Waals surface area contributed by atoms with Crippen molar-refractivity contribution >= 4 is 23.4 Å². The van der Waals surface area contributed by atoms with E-state index in [1.54, 1.807) is 24.3 Å². The first-order valence-electron chi connectivity index (χ1n) is 9.06. The SMILES string of the molecule is CCN(CC)c1ccc(/C=C(\C#N)C(=O)Nc2ccc(OC)c(OC)c2)cc1. The fraction of sp³-hybridized carbons (Fsp3) is 0.273. The first-order chi connectivity index (χ1) is 13.6. The van der Waals surface area contributed by atoms with Crippen LogP contribution in [0.15, 0.2) is 48.0 Å². The molecule has 0 fully saturated rings. The van der Waals surface area contributed by atoms with Crippen molar-refractivity contribution in [2.75, 3.05) is 37.5 Å². The van der Waals surface area contributed by atoms with Crippen LogP contribution in [0.25, 0.3) is 6.08 Å². The normalized spacial score (nSPS) is 10.8. The smallest absolute Gasteiger partial charge is 0.266 e. The van der Waals surface area contributed by atoms with Crippen LogP contribution in [-0.4, -0.2) is 33.2 Å². The Bertz CT molecular complexity index is 879. The van der Waals surface area contributed by atoms with Gasteiger partial charge in [0.1, 0.15) is 11.6 Å². The van der Waals surface area contributed by atoms with Gasteiger partial charge in [0.15, 0.2) is 11.5 Å². The van der Waals surface area contributed by atoms with E-state index in [1.807, 2.05) is 30.3 Å². The lowest BCUT2D eigenvalue weighted by Gasteiger charge is -2.20. The number of rotatable bonds is 8. The van der Waals surface area contributed by atoms with Crippen molar-refractivity contribution < 1.29 is 14.3 Å². The van der Waals surface area contributed by atoms with E-state index >= 15 is 0 Å². The summed E-state index contributed by atoms with van der Waals surface area (Å²) in [5, 5.41) is 12.1. The molecule has 0 saturated carbocycles. The summed E-state index contributed by atoms with van der Waals surface area (Å²) in [5.74, 6) is 0.571. The second-order valence-corrected chi connectivity index (χ2v) is 5.96. The molecule has 0 spiro atoms. The molecule has 2 aromatic carbocycles. The molecule has 2 aromatic rings. The molecular formula is C22H25N3O3. The molecule has 0 aliphatic carbocycles. The van der Waals surface area contributed by atoms with Gasteiger partial charge in [-0.3, -0.25) is 4.79 Å². The summed E-state index contributed by atoms with van der Waals surface area (Å²) < 4.78 is 10.4. The van der Waals surface area contributed by atoms with E-state index in [1.165, 1.54) is 14.2 Å². The minimum atomic E-state index is -0.484. The minimum Gasteiger partial charge on any atom is -0.493 e. The van der Waals surface area contributed by atoms with E-state index in [9.17, 15) is 10.1 Å². The molecule has 0 unspecified atom stereocenters. The Morgan fingerprint density at radius 1 is 1.07 bits per heavy atom. The zero-order valence-electron chi connectivity index (χ0n) is 16.7. The largest absolute Gasteiger partial charge is 0.493 e. The number of methoxy groups -OCH3 is 2. The maximum atomic E-state index is 12.5. The van der Waals surface area contributed by atoms with Gasteiger partial charge >= 0.3 is 0 Å². The zero-order valence-corrected chi connectivity index (χ0v) is 16.7. The monoisotopic (exact) mass is 379 g/mol. The zero-order chi connectivity index (χ0) is 20.5.